The molecule has 104 valence electrons. The molecule has 0 aromatic rings. The molecule has 0 unspecified atom stereocenters. The molecule has 0 saturated carbocycles. The van der Waals surface area contributed by atoms with Crippen LogP contribution in [-0.4, -0.2) is 49.2 Å². The lowest BCUT2D eigenvalue weighted by atomic mass is 10.2. The van der Waals surface area contributed by atoms with Crippen LogP contribution in [0.4, 0.5) is 0 Å². The molecule has 0 aromatic carbocycles. The molecule has 1 amide bonds. The molecule has 0 fully saturated rings. The van der Waals surface area contributed by atoms with Gasteiger partial charge in [-0.15, -0.1) is 0 Å². The number of Topliss-reactive ketones (excluding diaryl/α,β-unsaturated/α-hetero) is 2. The third-order valence-corrected chi connectivity index (χ3v) is 2.61. The summed E-state index contributed by atoms with van der Waals surface area (Å²) < 4.78 is 5.20. The fourth-order valence-corrected chi connectivity index (χ4v) is 1.28. The van der Waals surface area contributed by atoms with Gasteiger partial charge in [-0.25, -0.2) is 0 Å². The normalized spacial score (nSPS) is 10.2. The van der Waals surface area contributed by atoms with Gasteiger partial charge in [0.2, 0.25) is 5.91 Å². The maximum absolute atomic E-state index is 11.6. The second-order valence-corrected chi connectivity index (χ2v) is 4.15. The summed E-state index contributed by atoms with van der Waals surface area (Å²) in [5.74, 6) is 0.0888. The van der Waals surface area contributed by atoms with E-state index < -0.39 is 0 Å². The van der Waals surface area contributed by atoms with E-state index in [2.05, 4.69) is 0 Å². The highest BCUT2D eigenvalue weighted by atomic mass is 16.5. The molecule has 0 aliphatic heterocycles. The molecule has 0 aliphatic rings. The fourth-order valence-electron chi connectivity index (χ4n) is 1.28. The number of rotatable bonds is 10. The summed E-state index contributed by atoms with van der Waals surface area (Å²) in [4.78, 5) is 35.1. The van der Waals surface area contributed by atoms with Gasteiger partial charge in [0, 0.05) is 26.3 Å². The molecule has 5 nitrogen and oxygen atoms in total. The average molecular weight is 257 g/mol. The van der Waals surface area contributed by atoms with Crippen LogP contribution in [0.5, 0.6) is 0 Å². The molecule has 0 aromatic heterocycles. The molecule has 18 heavy (non-hydrogen) atoms. The topological polar surface area (TPSA) is 63.7 Å². The van der Waals surface area contributed by atoms with Crippen molar-refractivity contribution >= 4 is 17.5 Å². The van der Waals surface area contributed by atoms with E-state index in [9.17, 15) is 14.4 Å². The highest BCUT2D eigenvalue weighted by molar-refractivity contribution is 5.85. The molecular formula is C13H23NO4. The number of carbonyl (C=O) groups excluding carboxylic acids is 3. The minimum atomic E-state index is -0.112. The first kappa shape index (κ1) is 16.8. The molecule has 0 bridgehead atoms. The number of ether oxygens (including phenoxy) is 1. The summed E-state index contributed by atoms with van der Waals surface area (Å²) >= 11 is 0. The third kappa shape index (κ3) is 7.95. The van der Waals surface area contributed by atoms with Crippen molar-refractivity contribution in [1.29, 1.82) is 0 Å². The van der Waals surface area contributed by atoms with Gasteiger partial charge in [0.1, 0.15) is 5.78 Å². The van der Waals surface area contributed by atoms with Crippen LogP contribution >= 0.6 is 0 Å². The Balaban J connectivity index is 3.64. The highest BCUT2D eigenvalue weighted by Crippen LogP contribution is 1.96. The lowest BCUT2D eigenvalue weighted by molar-refractivity contribution is -0.134. The van der Waals surface area contributed by atoms with Crippen molar-refractivity contribution in [2.75, 3.05) is 26.8 Å². The van der Waals surface area contributed by atoms with Gasteiger partial charge < -0.3 is 9.64 Å². The second-order valence-electron chi connectivity index (χ2n) is 4.15. The van der Waals surface area contributed by atoms with E-state index in [1.807, 2.05) is 6.92 Å². The quantitative estimate of drug-likeness (QED) is 0.552. The standard InChI is InChI=1S/C13H23NO4/c1-4-11(15)6-8-18-9-7-13(17)14(3)10-12(16)5-2/h4-10H2,1-3H3. The van der Waals surface area contributed by atoms with E-state index in [0.29, 0.717) is 32.5 Å². The Hall–Kier alpha value is -1.23. The van der Waals surface area contributed by atoms with E-state index in [4.69, 9.17) is 4.74 Å². The van der Waals surface area contributed by atoms with Gasteiger partial charge in [-0.05, 0) is 0 Å². The number of hydrogen-bond donors (Lipinski definition) is 0. The monoisotopic (exact) mass is 257 g/mol. The first-order valence-corrected chi connectivity index (χ1v) is 6.36. The Morgan fingerprint density at radius 3 is 2.06 bits per heavy atom. The van der Waals surface area contributed by atoms with Gasteiger partial charge >= 0.3 is 0 Å². The lowest BCUT2D eigenvalue weighted by Crippen LogP contribution is -2.32. The highest BCUT2D eigenvalue weighted by Gasteiger charge is 2.11. The van der Waals surface area contributed by atoms with E-state index in [-0.39, 0.29) is 30.4 Å². The number of carbonyl (C=O) groups is 3. The molecule has 5 heteroatoms. The Bertz CT molecular complexity index is 289. The van der Waals surface area contributed by atoms with Crippen molar-refractivity contribution in [1.82, 2.24) is 4.90 Å². The van der Waals surface area contributed by atoms with Gasteiger partial charge in [0.15, 0.2) is 5.78 Å². The molecule has 0 spiro atoms. The molecule has 0 aliphatic carbocycles. The average Bonchev–Trinajstić information content (AvgIpc) is 2.37. The van der Waals surface area contributed by atoms with Gasteiger partial charge in [-0.3, -0.25) is 14.4 Å². The first-order valence-electron chi connectivity index (χ1n) is 6.36. The number of nitrogens with zero attached hydrogens (tertiary/aromatic N) is 1. The Morgan fingerprint density at radius 2 is 1.50 bits per heavy atom. The van der Waals surface area contributed by atoms with Gasteiger partial charge in [0.05, 0.1) is 26.2 Å². The molecule has 0 N–H and O–H groups in total. The fraction of sp³-hybridized carbons (Fsp3) is 0.769. The maximum Gasteiger partial charge on any atom is 0.225 e. The van der Waals surface area contributed by atoms with Crippen LogP contribution in [0, 0.1) is 0 Å². The van der Waals surface area contributed by atoms with Crippen LogP contribution in [-0.2, 0) is 19.1 Å². The third-order valence-electron chi connectivity index (χ3n) is 2.61. The summed E-state index contributed by atoms with van der Waals surface area (Å²) in [5, 5.41) is 0. The first-order chi connectivity index (χ1) is 8.51. The maximum atomic E-state index is 11.6. The van der Waals surface area contributed by atoms with Crippen molar-refractivity contribution in [3.05, 3.63) is 0 Å². The SMILES string of the molecule is CCC(=O)CCOCCC(=O)N(C)CC(=O)CC. The summed E-state index contributed by atoms with van der Waals surface area (Å²) in [7, 11) is 1.61. The molecule has 0 radical (unpaired) electrons. The summed E-state index contributed by atoms with van der Waals surface area (Å²) in [5.41, 5.74) is 0. The van der Waals surface area contributed by atoms with Gasteiger partial charge in [0.25, 0.3) is 0 Å². The van der Waals surface area contributed by atoms with Crippen molar-refractivity contribution in [3.63, 3.8) is 0 Å². The van der Waals surface area contributed by atoms with E-state index in [1.165, 1.54) is 4.90 Å². The Labute approximate surface area is 108 Å². The van der Waals surface area contributed by atoms with Crippen molar-refractivity contribution in [2.24, 2.45) is 0 Å². The second kappa shape index (κ2) is 9.76. The molecular weight excluding hydrogens is 234 g/mol. The van der Waals surface area contributed by atoms with E-state index >= 15 is 0 Å². The number of ketones is 2. The van der Waals surface area contributed by atoms with Gasteiger partial charge in [-0.1, -0.05) is 13.8 Å². The van der Waals surface area contributed by atoms with Crippen LogP contribution in [0.2, 0.25) is 0 Å². The van der Waals surface area contributed by atoms with Crippen molar-refractivity contribution < 1.29 is 19.1 Å². The predicted molar refractivity (Wildman–Crippen MR) is 68.3 cm³/mol. The Kier molecular flexibility index (Phi) is 9.10. The molecule has 0 rings (SSSR count). The van der Waals surface area contributed by atoms with Crippen LogP contribution in [0.1, 0.15) is 39.5 Å². The smallest absolute Gasteiger partial charge is 0.225 e. The van der Waals surface area contributed by atoms with Crippen LogP contribution < -0.4 is 0 Å². The minimum absolute atomic E-state index is 0.0420. The van der Waals surface area contributed by atoms with E-state index in [0.717, 1.165) is 0 Å². The molecule has 0 atom stereocenters. The zero-order valence-corrected chi connectivity index (χ0v) is 11.5. The van der Waals surface area contributed by atoms with Crippen LogP contribution in [0.15, 0.2) is 0 Å². The predicted octanol–water partition coefficient (Wildman–Crippen LogP) is 1.20. The largest absolute Gasteiger partial charge is 0.380 e. The van der Waals surface area contributed by atoms with Crippen molar-refractivity contribution in [3.8, 4) is 0 Å². The lowest BCUT2D eigenvalue weighted by Gasteiger charge is -2.15. The van der Waals surface area contributed by atoms with Crippen LogP contribution in [0.25, 0.3) is 0 Å². The zero-order valence-electron chi connectivity index (χ0n) is 11.5. The van der Waals surface area contributed by atoms with Crippen molar-refractivity contribution in [2.45, 2.75) is 39.5 Å². The minimum Gasteiger partial charge on any atom is -0.380 e. The summed E-state index contributed by atoms with van der Waals surface area (Å²) in [6.45, 7) is 4.39. The summed E-state index contributed by atoms with van der Waals surface area (Å²) in [6.07, 6.45) is 1.60. The summed E-state index contributed by atoms with van der Waals surface area (Å²) in [6, 6.07) is 0. The molecule has 0 heterocycles. The number of likely N-dealkylation sites (N-methyl/N-ethyl adjacent to an activating group) is 1. The number of hydrogen-bond acceptors (Lipinski definition) is 4. The molecule has 0 saturated heterocycles. The van der Waals surface area contributed by atoms with E-state index in [1.54, 1.807) is 14.0 Å². The Morgan fingerprint density at radius 1 is 0.944 bits per heavy atom. The van der Waals surface area contributed by atoms with Gasteiger partial charge in [-0.2, -0.15) is 0 Å². The zero-order chi connectivity index (χ0) is 14.0. The van der Waals surface area contributed by atoms with Crippen LogP contribution in [0.3, 0.4) is 0 Å². The number of amides is 1.